The van der Waals surface area contributed by atoms with Gasteiger partial charge in [-0.1, -0.05) is 6.58 Å². The van der Waals surface area contributed by atoms with E-state index in [-0.39, 0.29) is 4.90 Å². The summed E-state index contributed by atoms with van der Waals surface area (Å²) >= 11 is 0. The summed E-state index contributed by atoms with van der Waals surface area (Å²) < 4.78 is 28.6. The Morgan fingerprint density at radius 3 is 2.79 bits per heavy atom. The van der Waals surface area contributed by atoms with Crippen LogP contribution >= 0.6 is 10.7 Å². The van der Waals surface area contributed by atoms with Gasteiger partial charge in [-0.05, 0) is 36.8 Å². The first-order chi connectivity index (χ1) is 8.89. The van der Waals surface area contributed by atoms with Crippen LogP contribution in [0.25, 0.3) is 10.9 Å². The number of fused-ring (bicyclic) bond motifs is 1. The van der Waals surface area contributed by atoms with Crippen LogP contribution in [0.2, 0.25) is 0 Å². The minimum atomic E-state index is -3.82. The Morgan fingerprint density at radius 1 is 1.42 bits per heavy atom. The highest BCUT2D eigenvalue weighted by atomic mass is 35.7. The Hall–Kier alpha value is -1.59. The SMILES string of the molecule is C=C(C)COc1ccc(S(=O)(=O)Cl)c2cccnc12. The maximum atomic E-state index is 11.5. The third-order valence-electron chi connectivity index (χ3n) is 2.43. The lowest BCUT2D eigenvalue weighted by atomic mass is 10.2. The smallest absolute Gasteiger partial charge is 0.261 e. The van der Waals surface area contributed by atoms with E-state index < -0.39 is 9.05 Å². The second kappa shape index (κ2) is 5.19. The van der Waals surface area contributed by atoms with Crippen LogP contribution in [0.15, 0.2) is 47.5 Å². The van der Waals surface area contributed by atoms with Crippen LogP contribution in [-0.4, -0.2) is 20.0 Å². The van der Waals surface area contributed by atoms with Crippen molar-refractivity contribution in [3.8, 4) is 5.75 Å². The average molecular weight is 298 g/mol. The maximum Gasteiger partial charge on any atom is 0.261 e. The molecule has 4 nitrogen and oxygen atoms in total. The van der Waals surface area contributed by atoms with Gasteiger partial charge in [-0.3, -0.25) is 4.98 Å². The summed E-state index contributed by atoms with van der Waals surface area (Å²) in [5.41, 5.74) is 1.32. The van der Waals surface area contributed by atoms with Crippen molar-refractivity contribution in [2.45, 2.75) is 11.8 Å². The van der Waals surface area contributed by atoms with Crippen LogP contribution in [-0.2, 0) is 9.05 Å². The van der Waals surface area contributed by atoms with Crippen LogP contribution in [0.1, 0.15) is 6.92 Å². The molecule has 0 aliphatic heterocycles. The number of benzene rings is 1. The molecule has 6 heteroatoms. The van der Waals surface area contributed by atoms with Crippen LogP contribution in [0.5, 0.6) is 5.75 Å². The molecule has 1 heterocycles. The summed E-state index contributed by atoms with van der Waals surface area (Å²) in [4.78, 5) is 4.18. The lowest BCUT2D eigenvalue weighted by Crippen LogP contribution is -2.00. The van der Waals surface area contributed by atoms with Crippen LogP contribution in [0, 0.1) is 0 Å². The van der Waals surface area contributed by atoms with E-state index >= 15 is 0 Å². The molecule has 0 fully saturated rings. The summed E-state index contributed by atoms with van der Waals surface area (Å²) in [6.07, 6.45) is 1.57. The zero-order valence-electron chi connectivity index (χ0n) is 10.3. The second-order valence-electron chi connectivity index (χ2n) is 4.15. The van der Waals surface area contributed by atoms with E-state index in [1.54, 1.807) is 24.4 Å². The van der Waals surface area contributed by atoms with E-state index in [1.165, 1.54) is 6.07 Å². The first-order valence-electron chi connectivity index (χ1n) is 5.49. The number of nitrogens with zero attached hydrogens (tertiary/aromatic N) is 1. The van der Waals surface area contributed by atoms with E-state index in [0.29, 0.717) is 23.3 Å². The normalized spacial score (nSPS) is 11.5. The minimum absolute atomic E-state index is 0.0277. The number of hydrogen-bond acceptors (Lipinski definition) is 4. The number of halogens is 1. The van der Waals surface area contributed by atoms with Gasteiger partial charge in [0.2, 0.25) is 0 Å². The summed E-state index contributed by atoms with van der Waals surface area (Å²) in [5.74, 6) is 0.502. The molecule has 0 spiro atoms. The van der Waals surface area contributed by atoms with Gasteiger partial charge in [-0.2, -0.15) is 0 Å². The highest BCUT2D eigenvalue weighted by Crippen LogP contribution is 2.31. The van der Waals surface area contributed by atoms with Gasteiger partial charge < -0.3 is 4.74 Å². The van der Waals surface area contributed by atoms with Crippen molar-refractivity contribution in [2.75, 3.05) is 6.61 Å². The summed E-state index contributed by atoms with van der Waals surface area (Å²) in [5, 5.41) is 0.441. The van der Waals surface area contributed by atoms with E-state index in [0.717, 1.165) is 5.57 Å². The molecule has 0 unspecified atom stereocenters. The topological polar surface area (TPSA) is 56.3 Å². The van der Waals surface area contributed by atoms with Crippen molar-refractivity contribution in [1.29, 1.82) is 0 Å². The molecular formula is C13H12ClNO3S. The minimum Gasteiger partial charge on any atom is -0.487 e. The lowest BCUT2D eigenvalue weighted by molar-refractivity contribution is 0.356. The Morgan fingerprint density at radius 2 is 2.16 bits per heavy atom. The molecule has 0 atom stereocenters. The third-order valence-corrected chi connectivity index (χ3v) is 3.81. The molecule has 1 aromatic carbocycles. The van der Waals surface area contributed by atoms with Crippen molar-refractivity contribution in [3.63, 3.8) is 0 Å². The molecule has 0 radical (unpaired) electrons. The summed E-state index contributed by atoms with van der Waals surface area (Å²) in [6.45, 7) is 5.93. The number of aromatic nitrogens is 1. The molecular weight excluding hydrogens is 286 g/mol. The van der Waals surface area contributed by atoms with Crippen molar-refractivity contribution in [2.24, 2.45) is 0 Å². The predicted octanol–water partition coefficient (Wildman–Crippen LogP) is 3.12. The van der Waals surface area contributed by atoms with Crippen LogP contribution < -0.4 is 4.74 Å². The first kappa shape index (κ1) is 13.8. The molecule has 2 aromatic rings. The predicted molar refractivity (Wildman–Crippen MR) is 75.1 cm³/mol. The summed E-state index contributed by atoms with van der Waals surface area (Å²) in [6, 6.07) is 6.26. The van der Waals surface area contributed by atoms with Gasteiger partial charge in [0, 0.05) is 22.3 Å². The second-order valence-corrected chi connectivity index (χ2v) is 6.68. The van der Waals surface area contributed by atoms with Gasteiger partial charge >= 0.3 is 0 Å². The van der Waals surface area contributed by atoms with Crippen molar-refractivity contribution in [1.82, 2.24) is 4.98 Å². The van der Waals surface area contributed by atoms with Gasteiger partial charge in [0.15, 0.2) is 0 Å². The van der Waals surface area contributed by atoms with E-state index in [1.807, 2.05) is 6.92 Å². The Kier molecular flexibility index (Phi) is 3.78. The van der Waals surface area contributed by atoms with Crippen LogP contribution in [0.4, 0.5) is 0 Å². The number of ether oxygens (including phenoxy) is 1. The Balaban J connectivity index is 2.62. The molecule has 0 saturated heterocycles. The number of hydrogen-bond donors (Lipinski definition) is 0. The van der Waals surface area contributed by atoms with Crippen LogP contribution in [0.3, 0.4) is 0 Å². The van der Waals surface area contributed by atoms with Gasteiger partial charge in [0.25, 0.3) is 9.05 Å². The zero-order valence-corrected chi connectivity index (χ0v) is 11.8. The van der Waals surface area contributed by atoms with Gasteiger partial charge in [-0.25, -0.2) is 8.42 Å². The van der Waals surface area contributed by atoms with E-state index in [9.17, 15) is 8.42 Å². The Labute approximate surface area is 116 Å². The fraction of sp³-hybridized carbons (Fsp3) is 0.154. The van der Waals surface area contributed by atoms with Gasteiger partial charge in [0.1, 0.15) is 17.9 Å². The van der Waals surface area contributed by atoms with Crippen molar-refractivity contribution < 1.29 is 13.2 Å². The first-order valence-corrected chi connectivity index (χ1v) is 7.80. The molecule has 1 aromatic heterocycles. The molecule has 0 bridgehead atoms. The van der Waals surface area contributed by atoms with Crippen molar-refractivity contribution in [3.05, 3.63) is 42.6 Å². The van der Waals surface area contributed by atoms with Gasteiger partial charge in [-0.15, -0.1) is 0 Å². The molecule has 19 heavy (non-hydrogen) atoms. The number of pyridine rings is 1. The highest BCUT2D eigenvalue weighted by Gasteiger charge is 2.17. The molecule has 2 rings (SSSR count). The highest BCUT2D eigenvalue weighted by molar-refractivity contribution is 8.14. The molecule has 0 amide bonds. The Bertz CT molecular complexity index is 741. The van der Waals surface area contributed by atoms with Crippen molar-refractivity contribution >= 4 is 30.6 Å². The zero-order chi connectivity index (χ0) is 14.0. The molecule has 0 N–H and O–H groups in total. The average Bonchev–Trinajstić information content (AvgIpc) is 2.34. The standard InChI is InChI=1S/C13H12ClNO3S/c1-9(2)8-18-11-5-6-12(19(14,16)17)10-4-3-7-15-13(10)11/h3-7H,1,8H2,2H3. The quantitative estimate of drug-likeness (QED) is 0.643. The van der Waals surface area contributed by atoms with Gasteiger partial charge in [0.05, 0.1) is 4.90 Å². The third kappa shape index (κ3) is 3.05. The molecule has 0 aliphatic rings. The molecule has 100 valence electrons. The fourth-order valence-corrected chi connectivity index (χ4v) is 2.71. The number of rotatable bonds is 4. The van der Waals surface area contributed by atoms with E-state index in [2.05, 4.69) is 11.6 Å². The lowest BCUT2D eigenvalue weighted by Gasteiger charge is -2.10. The summed E-state index contributed by atoms with van der Waals surface area (Å²) in [7, 11) is 1.59. The molecule has 0 aliphatic carbocycles. The maximum absolute atomic E-state index is 11.5. The largest absolute Gasteiger partial charge is 0.487 e. The monoisotopic (exact) mass is 297 g/mol. The fourth-order valence-electron chi connectivity index (χ4n) is 1.65. The molecule has 0 saturated carbocycles. The van der Waals surface area contributed by atoms with E-state index in [4.69, 9.17) is 15.4 Å².